The van der Waals surface area contributed by atoms with Gasteiger partial charge in [0.2, 0.25) is 35.4 Å². The zero-order valence-electron chi connectivity index (χ0n) is 30.1. The van der Waals surface area contributed by atoms with E-state index in [2.05, 4.69) is 26.6 Å². The first-order valence-corrected chi connectivity index (χ1v) is 17.5. The molecule has 2 aromatic rings. The quantitative estimate of drug-likeness (QED) is 0.213. The molecule has 0 spiro atoms. The molecule has 0 aromatic heterocycles. The smallest absolute Gasteiger partial charge is 0.246 e. The van der Waals surface area contributed by atoms with E-state index >= 15 is 0 Å². The second-order valence-electron chi connectivity index (χ2n) is 14.4. The third-order valence-electron chi connectivity index (χ3n) is 9.02. The predicted molar refractivity (Wildman–Crippen MR) is 192 cm³/mol. The average molecular weight is 722 g/mol. The van der Waals surface area contributed by atoms with Crippen LogP contribution in [0.1, 0.15) is 46.1 Å². The zero-order chi connectivity index (χ0) is 38.0. The number of hydrogen-bond acceptors (Lipinski definition) is 9. The first kappa shape index (κ1) is 39.9. The summed E-state index contributed by atoms with van der Waals surface area (Å²) in [5.74, 6) is -3.48. The Morgan fingerprint density at radius 3 is 2.17 bits per heavy atom. The Kier molecular flexibility index (Phi) is 13.9. The summed E-state index contributed by atoms with van der Waals surface area (Å²) in [7, 11) is 0. The van der Waals surface area contributed by atoms with Crippen molar-refractivity contribution in [2.75, 3.05) is 32.8 Å². The molecule has 15 nitrogen and oxygen atoms in total. The molecule has 2 heterocycles. The molecule has 15 heteroatoms. The number of benzene rings is 2. The number of nitrogens with one attached hydrogen (secondary N) is 5. The molecule has 2 fully saturated rings. The van der Waals surface area contributed by atoms with Gasteiger partial charge in [0.05, 0.1) is 12.7 Å². The van der Waals surface area contributed by atoms with Crippen molar-refractivity contribution in [3.63, 3.8) is 0 Å². The highest BCUT2D eigenvalue weighted by atomic mass is 16.5. The summed E-state index contributed by atoms with van der Waals surface area (Å²) < 4.78 is 5.41. The number of carbonyl (C=O) groups is 6. The van der Waals surface area contributed by atoms with E-state index in [1.165, 1.54) is 11.8 Å². The van der Waals surface area contributed by atoms with E-state index < -0.39 is 83.8 Å². The molecular formula is C37H51N7O8. The number of aliphatic hydroxyl groups excluding tert-OH is 1. The molecule has 2 aromatic carbocycles. The summed E-state index contributed by atoms with van der Waals surface area (Å²) in [5.41, 5.74) is 7.79. The van der Waals surface area contributed by atoms with Gasteiger partial charge in [-0.25, -0.2) is 0 Å². The van der Waals surface area contributed by atoms with Gasteiger partial charge in [-0.3, -0.25) is 28.8 Å². The van der Waals surface area contributed by atoms with Gasteiger partial charge in [-0.05, 0) is 35.4 Å². The van der Waals surface area contributed by atoms with E-state index in [4.69, 9.17) is 10.5 Å². The normalized spacial score (nSPS) is 26.5. The molecule has 282 valence electrons. The summed E-state index contributed by atoms with van der Waals surface area (Å²) in [5, 5.41) is 24.0. The number of amides is 6. The van der Waals surface area contributed by atoms with E-state index in [1.54, 1.807) is 20.8 Å². The number of rotatable bonds is 4. The molecule has 8 N–H and O–H groups in total. The fourth-order valence-corrected chi connectivity index (χ4v) is 6.20. The molecule has 2 aliphatic heterocycles. The van der Waals surface area contributed by atoms with Crippen molar-refractivity contribution >= 4 is 35.4 Å². The van der Waals surface area contributed by atoms with Crippen LogP contribution in [-0.4, -0.2) is 115 Å². The van der Waals surface area contributed by atoms with Crippen molar-refractivity contribution < 1.29 is 38.6 Å². The lowest BCUT2D eigenvalue weighted by atomic mass is 9.85. The monoisotopic (exact) mass is 721 g/mol. The number of nitrogens with zero attached hydrogens (tertiary/aromatic N) is 1. The number of fused-ring (bicyclic) bond motifs is 1. The highest BCUT2D eigenvalue weighted by Gasteiger charge is 2.45. The summed E-state index contributed by atoms with van der Waals surface area (Å²) >= 11 is 0. The molecule has 52 heavy (non-hydrogen) atoms. The van der Waals surface area contributed by atoms with Crippen LogP contribution in [0.3, 0.4) is 0 Å². The maximum atomic E-state index is 14.0. The molecule has 6 amide bonds. The Balaban J connectivity index is 1.62. The van der Waals surface area contributed by atoms with Crippen LogP contribution >= 0.6 is 0 Å². The standard InChI is InChI=1S/C37H51N7O8/c1-22-33(48)42-28(19-38)34(49)39-14-15-52-21-31(47)43-32(37(2,3)4)36(51)44-20-27(45)18-29(44)35(50)41-26(17-30(46)40-22)16-23-10-12-25(13-11-23)24-8-6-5-7-9-24/h5-13,22,26-29,32,45H,14-21,38H2,1-4H3,(H,39,49)(H,40,46)(H,41,50)(H,42,48)(H,43,47)/t22-,26?,27-,28-,29+,32-/m1/s1. The minimum absolute atomic E-state index is 0.00519. The summed E-state index contributed by atoms with van der Waals surface area (Å²) in [6.45, 7) is 5.96. The summed E-state index contributed by atoms with van der Waals surface area (Å²) in [6.07, 6.45) is -1.03. The van der Waals surface area contributed by atoms with Gasteiger partial charge in [0.25, 0.3) is 0 Å². The van der Waals surface area contributed by atoms with Crippen molar-refractivity contribution in [3.8, 4) is 11.1 Å². The van der Waals surface area contributed by atoms with Crippen LogP contribution in [0.4, 0.5) is 0 Å². The molecule has 0 bridgehead atoms. The topological polar surface area (TPSA) is 221 Å². The fraction of sp³-hybridized carbons (Fsp3) is 0.514. The van der Waals surface area contributed by atoms with Crippen molar-refractivity contribution in [2.45, 2.75) is 83.3 Å². The Bertz CT molecular complexity index is 1580. The number of aliphatic hydroxyl groups is 1. The van der Waals surface area contributed by atoms with E-state index in [9.17, 15) is 33.9 Å². The number of carbonyl (C=O) groups excluding carboxylic acids is 6. The average Bonchev–Trinajstić information content (AvgIpc) is 3.50. The van der Waals surface area contributed by atoms with Crippen LogP contribution in [-0.2, 0) is 39.9 Å². The third-order valence-corrected chi connectivity index (χ3v) is 9.02. The van der Waals surface area contributed by atoms with Gasteiger partial charge in [-0.2, -0.15) is 0 Å². The van der Waals surface area contributed by atoms with Gasteiger partial charge in [0, 0.05) is 38.5 Å². The van der Waals surface area contributed by atoms with Crippen LogP contribution in [0.2, 0.25) is 0 Å². The minimum atomic E-state index is -1.10. The van der Waals surface area contributed by atoms with Crippen LogP contribution < -0.4 is 32.3 Å². The number of ether oxygens (including phenoxy) is 1. The predicted octanol–water partition coefficient (Wildman–Crippen LogP) is -0.642. The van der Waals surface area contributed by atoms with Gasteiger partial charge in [-0.1, -0.05) is 75.4 Å². The lowest BCUT2D eigenvalue weighted by Gasteiger charge is -2.35. The molecule has 0 saturated carbocycles. The van der Waals surface area contributed by atoms with Gasteiger partial charge in [0.1, 0.15) is 30.8 Å². The molecule has 0 radical (unpaired) electrons. The third kappa shape index (κ3) is 11.1. The Hall–Kier alpha value is -4.86. The number of hydrogen-bond donors (Lipinski definition) is 7. The van der Waals surface area contributed by atoms with Crippen LogP contribution in [0, 0.1) is 5.41 Å². The van der Waals surface area contributed by atoms with Gasteiger partial charge in [0.15, 0.2) is 0 Å². The van der Waals surface area contributed by atoms with Gasteiger partial charge < -0.3 is 47.1 Å². The molecule has 6 atom stereocenters. The van der Waals surface area contributed by atoms with Gasteiger partial charge >= 0.3 is 0 Å². The van der Waals surface area contributed by atoms with E-state index in [0.29, 0.717) is 0 Å². The lowest BCUT2D eigenvalue weighted by Crippen LogP contribution is -2.59. The van der Waals surface area contributed by atoms with E-state index in [0.717, 1.165) is 16.7 Å². The van der Waals surface area contributed by atoms with Gasteiger partial charge in [-0.15, -0.1) is 0 Å². The van der Waals surface area contributed by atoms with E-state index in [-0.39, 0.29) is 45.5 Å². The SMILES string of the molecule is C[C@H]1NC(=O)CC(Cc2ccc(-c3ccccc3)cc2)NC(=O)[C@@H]2C[C@@H](O)CN2C(=O)[C@H](C(C)(C)C)NC(=O)COCCNC(=O)[C@@H](CN)NC1=O. The first-order valence-electron chi connectivity index (χ1n) is 17.5. The van der Waals surface area contributed by atoms with Crippen LogP contribution in [0.25, 0.3) is 11.1 Å². The van der Waals surface area contributed by atoms with E-state index in [1.807, 2.05) is 54.6 Å². The summed E-state index contributed by atoms with van der Waals surface area (Å²) in [6, 6.07) is 12.4. The largest absolute Gasteiger partial charge is 0.391 e. The van der Waals surface area contributed by atoms with Crippen molar-refractivity contribution in [1.82, 2.24) is 31.5 Å². The maximum absolute atomic E-state index is 14.0. The highest BCUT2D eigenvalue weighted by Crippen LogP contribution is 2.27. The van der Waals surface area contributed by atoms with Crippen molar-refractivity contribution in [1.29, 1.82) is 0 Å². The Morgan fingerprint density at radius 2 is 1.52 bits per heavy atom. The Labute approximate surface area is 303 Å². The highest BCUT2D eigenvalue weighted by molar-refractivity contribution is 5.94. The summed E-state index contributed by atoms with van der Waals surface area (Å²) in [4.78, 5) is 81.1. The Morgan fingerprint density at radius 1 is 0.846 bits per heavy atom. The molecular weight excluding hydrogens is 670 g/mol. The molecule has 1 unspecified atom stereocenters. The van der Waals surface area contributed by atoms with Crippen molar-refractivity contribution in [2.24, 2.45) is 11.1 Å². The zero-order valence-corrected chi connectivity index (χ0v) is 30.1. The minimum Gasteiger partial charge on any atom is -0.391 e. The fourth-order valence-electron chi connectivity index (χ4n) is 6.20. The lowest BCUT2D eigenvalue weighted by molar-refractivity contribution is -0.144. The van der Waals surface area contributed by atoms with Crippen LogP contribution in [0.5, 0.6) is 0 Å². The maximum Gasteiger partial charge on any atom is 0.246 e. The molecule has 2 saturated heterocycles. The second-order valence-corrected chi connectivity index (χ2v) is 14.4. The molecule has 4 rings (SSSR count). The van der Waals surface area contributed by atoms with Crippen molar-refractivity contribution in [3.05, 3.63) is 60.2 Å². The second kappa shape index (κ2) is 18.1. The number of nitrogens with two attached hydrogens (primary N) is 1. The molecule has 0 aliphatic carbocycles. The van der Waals surface area contributed by atoms with Crippen LogP contribution in [0.15, 0.2) is 54.6 Å². The molecule has 2 aliphatic rings. The first-order chi connectivity index (χ1) is 24.7.